The first kappa shape index (κ1) is 17.3. The molecule has 1 atom stereocenters. The van der Waals surface area contributed by atoms with Gasteiger partial charge in [-0.25, -0.2) is 21.6 Å². The molecule has 7 nitrogen and oxygen atoms in total. The highest BCUT2D eigenvalue weighted by Crippen LogP contribution is 2.10. The molecule has 2 N–H and O–H groups in total. The lowest BCUT2D eigenvalue weighted by Crippen LogP contribution is -2.37. The third-order valence-electron chi connectivity index (χ3n) is 2.37. The first-order valence-electron chi connectivity index (χ1n) is 5.32. The molecule has 0 aromatic heterocycles. The van der Waals surface area contributed by atoms with E-state index < -0.39 is 43.3 Å². The number of nitrogens with one attached hydrogen (secondary N) is 1. The molecule has 0 aliphatic heterocycles. The third-order valence-corrected chi connectivity index (χ3v) is 4.92. The van der Waals surface area contributed by atoms with Crippen molar-refractivity contribution in [2.24, 2.45) is 11.8 Å². The number of rotatable bonds is 8. The zero-order chi connectivity index (χ0) is 14.6. The van der Waals surface area contributed by atoms with Gasteiger partial charge in [-0.05, 0) is 5.92 Å². The second kappa shape index (κ2) is 6.48. The molecular formula is C9H19NO6S2. The van der Waals surface area contributed by atoms with Crippen LogP contribution in [0.2, 0.25) is 0 Å². The molecule has 0 aromatic carbocycles. The van der Waals surface area contributed by atoms with E-state index in [1.54, 1.807) is 13.8 Å². The van der Waals surface area contributed by atoms with Gasteiger partial charge >= 0.3 is 5.97 Å². The van der Waals surface area contributed by atoms with E-state index in [1.807, 2.05) is 0 Å². The summed E-state index contributed by atoms with van der Waals surface area (Å²) in [5.41, 5.74) is 0. The molecule has 1 unspecified atom stereocenters. The second-order valence-electron chi connectivity index (χ2n) is 4.49. The lowest BCUT2D eigenvalue weighted by atomic mass is 9.97. The molecule has 0 bridgehead atoms. The Balaban J connectivity index is 4.47. The summed E-state index contributed by atoms with van der Waals surface area (Å²) in [6.45, 7) is 3.10. The number of aliphatic carboxylic acids is 1. The average molecular weight is 301 g/mol. The average Bonchev–Trinajstić information content (AvgIpc) is 2.12. The van der Waals surface area contributed by atoms with E-state index >= 15 is 0 Å². The van der Waals surface area contributed by atoms with Gasteiger partial charge in [-0.15, -0.1) is 0 Å². The molecule has 18 heavy (non-hydrogen) atoms. The van der Waals surface area contributed by atoms with Gasteiger partial charge in [-0.3, -0.25) is 4.79 Å². The Bertz CT molecular complexity index is 479. The number of sulfone groups is 1. The highest BCUT2D eigenvalue weighted by atomic mass is 32.2. The van der Waals surface area contributed by atoms with Crippen LogP contribution in [-0.2, 0) is 24.7 Å². The van der Waals surface area contributed by atoms with E-state index in [0.29, 0.717) is 0 Å². The van der Waals surface area contributed by atoms with E-state index in [9.17, 15) is 21.6 Å². The number of hydrogen-bond donors (Lipinski definition) is 2. The predicted octanol–water partition coefficient (Wildman–Crippen LogP) is -0.693. The molecule has 0 aromatic rings. The molecular weight excluding hydrogens is 282 g/mol. The Kier molecular flexibility index (Phi) is 6.24. The van der Waals surface area contributed by atoms with Gasteiger partial charge < -0.3 is 5.11 Å². The van der Waals surface area contributed by atoms with Gasteiger partial charge in [0.2, 0.25) is 10.0 Å². The summed E-state index contributed by atoms with van der Waals surface area (Å²) in [5, 5.41) is 8.87. The van der Waals surface area contributed by atoms with Gasteiger partial charge in [0.15, 0.2) is 0 Å². The second-order valence-corrected chi connectivity index (χ2v) is 8.67. The Morgan fingerprint density at radius 1 is 1.17 bits per heavy atom. The van der Waals surface area contributed by atoms with Crippen molar-refractivity contribution in [3.63, 3.8) is 0 Å². The van der Waals surface area contributed by atoms with Crippen LogP contribution in [0.1, 0.15) is 13.8 Å². The van der Waals surface area contributed by atoms with Gasteiger partial charge in [0, 0.05) is 12.8 Å². The third kappa shape index (κ3) is 7.62. The molecule has 0 aliphatic carbocycles. The van der Waals surface area contributed by atoms with Crippen LogP contribution in [0.3, 0.4) is 0 Å². The minimum absolute atomic E-state index is 0.222. The summed E-state index contributed by atoms with van der Waals surface area (Å²) in [6, 6.07) is 0. The lowest BCUT2D eigenvalue weighted by molar-refractivity contribution is -0.142. The highest BCUT2D eigenvalue weighted by molar-refractivity contribution is 7.93. The van der Waals surface area contributed by atoms with Crippen molar-refractivity contribution < 1.29 is 26.7 Å². The highest BCUT2D eigenvalue weighted by Gasteiger charge is 2.24. The molecule has 0 saturated carbocycles. The van der Waals surface area contributed by atoms with Crippen LogP contribution in [0.15, 0.2) is 0 Å². The van der Waals surface area contributed by atoms with Crippen molar-refractivity contribution in [1.82, 2.24) is 4.72 Å². The minimum Gasteiger partial charge on any atom is -0.481 e. The summed E-state index contributed by atoms with van der Waals surface area (Å²) >= 11 is 0. The van der Waals surface area contributed by atoms with E-state index in [2.05, 4.69) is 4.72 Å². The van der Waals surface area contributed by atoms with Gasteiger partial charge in [0.1, 0.15) is 9.84 Å². The maximum absolute atomic E-state index is 11.5. The first-order valence-corrected chi connectivity index (χ1v) is 9.04. The molecule has 9 heteroatoms. The van der Waals surface area contributed by atoms with Crippen LogP contribution in [-0.4, -0.2) is 52.2 Å². The molecule has 108 valence electrons. The van der Waals surface area contributed by atoms with Crippen molar-refractivity contribution >= 4 is 25.8 Å². The van der Waals surface area contributed by atoms with Crippen molar-refractivity contribution in [1.29, 1.82) is 0 Å². The van der Waals surface area contributed by atoms with Crippen LogP contribution in [0.4, 0.5) is 0 Å². The molecule has 0 amide bonds. The maximum atomic E-state index is 11.5. The molecule has 0 rings (SSSR count). The Morgan fingerprint density at radius 2 is 1.67 bits per heavy atom. The lowest BCUT2D eigenvalue weighted by Gasteiger charge is -2.16. The number of sulfonamides is 1. The van der Waals surface area contributed by atoms with E-state index in [0.717, 1.165) is 6.26 Å². The van der Waals surface area contributed by atoms with Crippen LogP contribution in [0.25, 0.3) is 0 Å². The molecule has 0 radical (unpaired) electrons. The summed E-state index contributed by atoms with van der Waals surface area (Å²) in [4.78, 5) is 10.8. The fourth-order valence-electron chi connectivity index (χ4n) is 1.16. The zero-order valence-electron chi connectivity index (χ0n) is 10.6. The number of carbonyl (C=O) groups is 1. The molecule has 0 fully saturated rings. The van der Waals surface area contributed by atoms with Crippen LogP contribution < -0.4 is 4.72 Å². The topological polar surface area (TPSA) is 118 Å². The van der Waals surface area contributed by atoms with Crippen LogP contribution in [0.5, 0.6) is 0 Å². The summed E-state index contributed by atoms with van der Waals surface area (Å²) in [6.07, 6.45) is 0.941. The van der Waals surface area contributed by atoms with E-state index in [-0.39, 0.29) is 12.5 Å². The quantitative estimate of drug-likeness (QED) is 0.612. The normalized spacial score (nSPS) is 14.7. The van der Waals surface area contributed by atoms with Crippen LogP contribution >= 0.6 is 0 Å². The molecule has 0 spiro atoms. The SMILES string of the molecule is CC(C)C(CNS(=O)(=O)CCS(C)(=O)=O)C(=O)O. The predicted molar refractivity (Wildman–Crippen MR) is 67.5 cm³/mol. The summed E-state index contributed by atoms with van der Waals surface area (Å²) in [5.74, 6) is -3.19. The maximum Gasteiger partial charge on any atom is 0.308 e. The summed E-state index contributed by atoms with van der Waals surface area (Å²) < 4.78 is 46.7. The van der Waals surface area contributed by atoms with Crippen molar-refractivity contribution in [2.45, 2.75) is 13.8 Å². The van der Waals surface area contributed by atoms with Crippen molar-refractivity contribution in [3.05, 3.63) is 0 Å². The van der Waals surface area contributed by atoms with Crippen molar-refractivity contribution in [3.8, 4) is 0 Å². The largest absolute Gasteiger partial charge is 0.481 e. The van der Waals surface area contributed by atoms with Crippen LogP contribution in [0, 0.1) is 11.8 Å². The van der Waals surface area contributed by atoms with E-state index in [1.165, 1.54) is 0 Å². The van der Waals surface area contributed by atoms with E-state index in [4.69, 9.17) is 5.11 Å². The Morgan fingerprint density at radius 3 is 2.00 bits per heavy atom. The molecule has 0 aliphatic rings. The minimum atomic E-state index is -3.77. The van der Waals surface area contributed by atoms with Crippen molar-refractivity contribution in [2.75, 3.05) is 24.3 Å². The Hall–Kier alpha value is -0.670. The first-order chi connectivity index (χ1) is 7.94. The van der Waals surface area contributed by atoms with Gasteiger partial charge in [-0.2, -0.15) is 0 Å². The standard InChI is InChI=1S/C9H19NO6S2/c1-7(2)8(9(11)12)6-10-18(15,16)5-4-17(3,13)14/h7-8,10H,4-6H2,1-3H3,(H,11,12). The number of hydrogen-bond acceptors (Lipinski definition) is 5. The Labute approximate surface area is 108 Å². The molecule has 0 saturated heterocycles. The monoisotopic (exact) mass is 301 g/mol. The smallest absolute Gasteiger partial charge is 0.308 e. The number of carboxylic acid groups (broad SMARTS) is 1. The fourth-order valence-corrected chi connectivity index (χ4v) is 3.82. The molecule has 0 heterocycles. The summed E-state index contributed by atoms with van der Waals surface area (Å²) in [7, 11) is -7.13. The number of carboxylic acids is 1. The zero-order valence-corrected chi connectivity index (χ0v) is 12.2. The van der Waals surface area contributed by atoms with Gasteiger partial charge in [-0.1, -0.05) is 13.8 Å². The fraction of sp³-hybridized carbons (Fsp3) is 0.889. The van der Waals surface area contributed by atoms with Gasteiger partial charge in [0.05, 0.1) is 17.4 Å². The van der Waals surface area contributed by atoms with Gasteiger partial charge in [0.25, 0.3) is 0 Å².